The Hall–Kier alpha value is -3.92. The Kier molecular flexibility index (Phi) is 7.17. The van der Waals surface area contributed by atoms with Crippen LogP contribution in [0.25, 0.3) is 0 Å². The highest BCUT2D eigenvalue weighted by atomic mass is 16.3. The maximum absolute atomic E-state index is 12.5. The molecule has 31 heavy (non-hydrogen) atoms. The van der Waals surface area contributed by atoms with Crippen LogP contribution in [0.2, 0.25) is 0 Å². The standard InChI is InChI=1S/C21H23N5O5/c1-13-11-23-21(24-13)26-20(30)18(28)15(10-14-6-3-2-4-7-14)25-17(27)12-22-19(29)16-8-5-9-31-16/h2-9,11,15,18,28H,10,12H2,1H3,(H,22,29)(H,25,27)(H2,23,24,26,30)/t15-,18+/m0/s1. The number of aromatic amines is 1. The molecule has 2 atom stereocenters. The van der Waals surface area contributed by atoms with Crippen LogP contribution in [0.5, 0.6) is 0 Å². The van der Waals surface area contributed by atoms with Crippen molar-refractivity contribution in [2.75, 3.05) is 11.9 Å². The van der Waals surface area contributed by atoms with E-state index in [0.29, 0.717) is 0 Å². The number of aryl methyl sites for hydroxylation is 1. The van der Waals surface area contributed by atoms with Gasteiger partial charge in [0.05, 0.1) is 18.8 Å². The van der Waals surface area contributed by atoms with Crippen LogP contribution in [0.15, 0.2) is 59.3 Å². The first-order valence-electron chi connectivity index (χ1n) is 9.58. The van der Waals surface area contributed by atoms with E-state index in [4.69, 9.17) is 4.42 Å². The van der Waals surface area contributed by atoms with E-state index in [9.17, 15) is 19.5 Å². The van der Waals surface area contributed by atoms with Crippen molar-refractivity contribution < 1.29 is 23.9 Å². The molecule has 0 bridgehead atoms. The molecular weight excluding hydrogens is 402 g/mol. The molecule has 0 saturated heterocycles. The number of imidazole rings is 1. The normalized spacial score (nSPS) is 12.6. The lowest BCUT2D eigenvalue weighted by molar-refractivity contribution is -0.127. The summed E-state index contributed by atoms with van der Waals surface area (Å²) in [5.41, 5.74) is 1.55. The number of carbonyl (C=O) groups excluding carboxylic acids is 3. The third kappa shape index (κ3) is 6.28. The fraction of sp³-hybridized carbons (Fsp3) is 0.238. The zero-order valence-electron chi connectivity index (χ0n) is 16.8. The number of amides is 3. The number of furan rings is 1. The Bertz CT molecular complexity index is 1020. The molecule has 0 aliphatic heterocycles. The molecule has 0 aliphatic carbocycles. The maximum atomic E-state index is 12.5. The number of aliphatic hydroxyl groups is 1. The zero-order valence-corrected chi connectivity index (χ0v) is 16.8. The SMILES string of the molecule is Cc1cnc(NC(=O)[C@H](O)[C@H](Cc2ccccc2)NC(=O)CNC(=O)c2ccco2)[nH]1. The van der Waals surface area contributed by atoms with Crippen LogP contribution >= 0.6 is 0 Å². The molecule has 0 aliphatic rings. The average Bonchev–Trinajstić information content (AvgIpc) is 3.44. The largest absolute Gasteiger partial charge is 0.459 e. The number of anilines is 1. The summed E-state index contributed by atoms with van der Waals surface area (Å²) in [7, 11) is 0. The molecule has 10 heteroatoms. The van der Waals surface area contributed by atoms with Crippen molar-refractivity contribution in [2.24, 2.45) is 0 Å². The first-order chi connectivity index (χ1) is 14.9. The van der Waals surface area contributed by atoms with Gasteiger partial charge in [-0.25, -0.2) is 4.98 Å². The average molecular weight is 425 g/mol. The van der Waals surface area contributed by atoms with Crippen LogP contribution in [0.1, 0.15) is 21.8 Å². The highest BCUT2D eigenvalue weighted by molar-refractivity contribution is 5.95. The molecule has 3 aromatic rings. The van der Waals surface area contributed by atoms with Gasteiger partial charge < -0.3 is 25.1 Å². The van der Waals surface area contributed by atoms with E-state index in [1.54, 1.807) is 13.0 Å². The fourth-order valence-electron chi connectivity index (χ4n) is 2.87. The van der Waals surface area contributed by atoms with E-state index in [1.807, 2.05) is 30.3 Å². The molecule has 0 fully saturated rings. The predicted molar refractivity (Wildman–Crippen MR) is 111 cm³/mol. The first kappa shape index (κ1) is 21.8. The molecule has 1 aromatic carbocycles. The maximum Gasteiger partial charge on any atom is 0.287 e. The fourth-order valence-corrected chi connectivity index (χ4v) is 2.87. The lowest BCUT2D eigenvalue weighted by Gasteiger charge is -2.23. The zero-order chi connectivity index (χ0) is 22.2. The number of nitrogens with one attached hydrogen (secondary N) is 4. The second-order valence-electron chi connectivity index (χ2n) is 6.87. The molecule has 0 spiro atoms. The molecule has 2 aromatic heterocycles. The van der Waals surface area contributed by atoms with E-state index in [2.05, 4.69) is 25.9 Å². The highest BCUT2D eigenvalue weighted by Crippen LogP contribution is 2.09. The van der Waals surface area contributed by atoms with Gasteiger partial charge in [-0.2, -0.15) is 0 Å². The molecule has 0 radical (unpaired) electrons. The smallest absolute Gasteiger partial charge is 0.287 e. The lowest BCUT2D eigenvalue weighted by Crippen LogP contribution is -2.52. The van der Waals surface area contributed by atoms with Crippen LogP contribution in [-0.4, -0.2) is 51.5 Å². The van der Waals surface area contributed by atoms with Crippen molar-refractivity contribution in [3.8, 4) is 0 Å². The van der Waals surface area contributed by atoms with Gasteiger partial charge in [0.15, 0.2) is 11.9 Å². The van der Waals surface area contributed by atoms with Crippen molar-refractivity contribution in [3.05, 3.63) is 71.9 Å². The molecule has 162 valence electrons. The molecule has 3 rings (SSSR count). The number of H-pyrrole nitrogens is 1. The molecule has 3 amide bonds. The van der Waals surface area contributed by atoms with Crippen LogP contribution in [-0.2, 0) is 16.0 Å². The van der Waals surface area contributed by atoms with Gasteiger partial charge >= 0.3 is 0 Å². The minimum absolute atomic E-state index is 0.0711. The second kappa shape index (κ2) is 10.2. The van der Waals surface area contributed by atoms with E-state index in [1.165, 1.54) is 18.5 Å². The lowest BCUT2D eigenvalue weighted by atomic mass is 10.0. The van der Waals surface area contributed by atoms with Gasteiger partial charge in [-0.3, -0.25) is 19.7 Å². The third-order valence-electron chi connectivity index (χ3n) is 4.39. The van der Waals surface area contributed by atoms with Gasteiger partial charge in [-0.1, -0.05) is 30.3 Å². The van der Waals surface area contributed by atoms with E-state index >= 15 is 0 Å². The summed E-state index contributed by atoms with van der Waals surface area (Å²) < 4.78 is 4.97. The van der Waals surface area contributed by atoms with Crippen molar-refractivity contribution in [1.82, 2.24) is 20.6 Å². The van der Waals surface area contributed by atoms with Crippen molar-refractivity contribution in [3.63, 3.8) is 0 Å². The molecule has 2 heterocycles. The van der Waals surface area contributed by atoms with Crippen LogP contribution in [0, 0.1) is 6.92 Å². The number of carbonyl (C=O) groups is 3. The summed E-state index contributed by atoms with van der Waals surface area (Å²) in [6, 6.07) is 11.2. The molecule has 5 N–H and O–H groups in total. The summed E-state index contributed by atoms with van der Waals surface area (Å²) in [5.74, 6) is -1.58. The van der Waals surface area contributed by atoms with Gasteiger partial charge in [-0.05, 0) is 31.0 Å². The Balaban J connectivity index is 1.64. The Morgan fingerprint density at radius 3 is 2.58 bits per heavy atom. The highest BCUT2D eigenvalue weighted by Gasteiger charge is 2.28. The topological polar surface area (TPSA) is 149 Å². The molecule has 0 unspecified atom stereocenters. The van der Waals surface area contributed by atoms with Crippen LogP contribution < -0.4 is 16.0 Å². The molecular formula is C21H23N5O5. The van der Waals surface area contributed by atoms with E-state index in [-0.39, 0.29) is 24.7 Å². The van der Waals surface area contributed by atoms with Gasteiger partial charge in [0.1, 0.15) is 0 Å². The molecule has 0 saturated carbocycles. The van der Waals surface area contributed by atoms with Crippen molar-refractivity contribution in [1.29, 1.82) is 0 Å². The predicted octanol–water partition coefficient (Wildman–Crippen LogP) is 0.768. The van der Waals surface area contributed by atoms with Crippen LogP contribution in [0.4, 0.5) is 5.95 Å². The number of rotatable bonds is 9. The van der Waals surface area contributed by atoms with Crippen molar-refractivity contribution in [2.45, 2.75) is 25.5 Å². The van der Waals surface area contributed by atoms with Gasteiger partial charge in [0.2, 0.25) is 11.9 Å². The number of hydrogen-bond donors (Lipinski definition) is 5. The number of aliphatic hydroxyl groups excluding tert-OH is 1. The molecule has 10 nitrogen and oxygen atoms in total. The Morgan fingerprint density at radius 2 is 1.94 bits per heavy atom. The number of aromatic nitrogens is 2. The summed E-state index contributed by atoms with van der Waals surface area (Å²) in [4.78, 5) is 43.6. The second-order valence-corrected chi connectivity index (χ2v) is 6.87. The van der Waals surface area contributed by atoms with E-state index in [0.717, 1.165) is 11.3 Å². The number of hydrogen-bond acceptors (Lipinski definition) is 6. The Morgan fingerprint density at radius 1 is 1.16 bits per heavy atom. The van der Waals surface area contributed by atoms with Crippen molar-refractivity contribution >= 4 is 23.7 Å². The quantitative estimate of drug-likeness (QED) is 0.342. The van der Waals surface area contributed by atoms with Gasteiger partial charge in [0, 0.05) is 11.9 Å². The Labute approximate surface area is 178 Å². The van der Waals surface area contributed by atoms with Gasteiger partial charge in [0.25, 0.3) is 11.8 Å². The summed E-state index contributed by atoms with van der Waals surface area (Å²) in [6.45, 7) is 1.42. The van der Waals surface area contributed by atoms with E-state index < -0.39 is 29.9 Å². The number of nitrogens with zero attached hydrogens (tertiary/aromatic N) is 1. The summed E-state index contributed by atoms with van der Waals surface area (Å²) >= 11 is 0. The first-order valence-corrected chi connectivity index (χ1v) is 9.58. The van der Waals surface area contributed by atoms with Gasteiger partial charge in [-0.15, -0.1) is 0 Å². The summed E-state index contributed by atoms with van der Waals surface area (Å²) in [5, 5.41) is 18.1. The minimum atomic E-state index is -1.56. The minimum Gasteiger partial charge on any atom is -0.459 e. The summed E-state index contributed by atoms with van der Waals surface area (Å²) in [6.07, 6.45) is 1.52. The third-order valence-corrected chi connectivity index (χ3v) is 4.39. The monoisotopic (exact) mass is 425 g/mol. The van der Waals surface area contributed by atoms with Crippen LogP contribution in [0.3, 0.4) is 0 Å². The number of benzene rings is 1.